The Morgan fingerprint density at radius 2 is 1.81 bits per heavy atom. The standard InChI is InChI=1S/C18H15Cl2FO5/c1-10(26-17-5-3-11(19)7-14(17)20)18(23)25-9-15(22)13-8-12(21)4-6-16(13)24-2/h3-8,10H,9H2,1-2H3/t10-/m0/s1. The van der Waals surface area contributed by atoms with Crippen molar-refractivity contribution in [2.24, 2.45) is 0 Å². The molecule has 0 aliphatic heterocycles. The minimum Gasteiger partial charge on any atom is -0.496 e. The number of ether oxygens (including phenoxy) is 3. The number of halogens is 3. The summed E-state index contributed by atoms with van der Waals surface area (Å²) in [6, 6.07) is 8.03. The van der Waals surface area contributed by atoms with E-state index in [4.69, 9.17) is 37.4 Å². The lowest BCUT2D eigenvalue weighted by molar-refractivity contribution is -0.149. The highest BCUT2D eigenvalue weighted by Crippen LogP contribution is 2.28. The third-order valence-corrected chi connectivity index (χ3v) is 3.87. The number of hydrogen-bond donors (Lipinski definition) is 0. The second kappa shape index (κ2) is 8.87. The van der Waals surface area contributed by atoms with Crippen LogP contribution >= 0.6 is 23.2 Å². The van der Waals surface area contributed by atoms with Crippen molar-refractivity contribution in [1.82, 2.24) is 0 Å². The molecule has 0 aliphatic carbocycles. The van der Waals surface area contributed by atoms with Gasteiger partial charge in [-0.1, -0.05) is 23.2 Å². The first kappa shape index (κ1) is 20.0. The summed E-state index contributed by atoms with van der Waals surface area (Å²) >= 11 is 11.8. The van der Waals surface area contributed by atoms with Gasteiger partial charge in [-0.3, -0.25) is 4.79 Å². The Morgan fingerprint density at radius 3 is 2.46 bits per heavy atom. The molecule has 26 heavy (non-hydrogen) atoms. The van der Waals surface area contributed by atoms with Gasteiger partial charge in [0, 0.05) is 5.02 Å². The molecule has 0 aliphatic rings. The molecular formula is C18H15Cl2FO5. The maximum Gasteiger partial charge on any atom is 0.347 e. The van der Waals surface area contributed by atoms with Gasteiger partial charge < -0.3 is 14.2 Å². The Bertz CT molecular complexity index is 825. The lowest BCUT2D eigenvalue weighted by Gasteiger charge is -2.15. The molecule has 0 N–H and O–H groups in total. The van der Waals surface area contributed by atoms with Gasteiger partial charge in [0.1, 0.15) is 17.3 Å². The van der Waals surface area contributed by atoms with Gasteiger partial charge in [0.2, 0.25) is 5.78 Å². The van der Waals surface area contributed by atoms with Crippen LogP contribution in [-0.4, -0.2) is 31.6 Å². The van der Waals surface area contributed by atoms with E-state index in [1.165, 1.54) is 32.2 Å². The van der Waals surface area contributed by atoms with Crippen molar-refractivity contribution < 1.29 is 28.2 Å². The Labute approximate surface area is 159 Å². The summed E-state index contributed by atoms with van der Waals surface area (Å²) in [7, 11) is 1.35. The molecule has 2 aromatic carbocycles. The predicted molar refractivity (Wildman–Crippen MR) is 94.8 cm³/mol. The van der Waals surface area contributed by atoms with E-state index in [1.807, 2.05) is 0 Å². The van der Waals surface area contributed by atoms with E-state index in [-0.39, 0.29) is 22.1 Å². The van der Waals surface area contributed by atoms with Gasteiger partial charge in [0.15, 0.2) is 12.7 Å². The lowest BCUT2D eigenvalue weighted by Crippen LogP contribution is -2.28. The average molecular weight is 401 g/mol. The molecule has 8 heteroatoms. The number of hydrogen-bond acceptors (Lipinski definition) is 5. The first-order chi connectivity index (χ1) is 12.3. The Morgan fingerprint density at radius 1 is 1.12 bits per heavy atom. The van der Waals surface area contributed by atoms with Gasteiger partial charge >= 0.3 is 5.97 Å². The van der Waals surface area contributed by atoms with Crippen molar-refractivity contribution in [2.45, 2.75) is 13.0 Å². The number of ketones is 1. The minimum atomic E-state index is -1.02. The molecule has 0 bridgehead atoms. The molecule has 0 saturated heterocycles. The summed E-state index contributed by atoms with van der Waals surface area (Å²) in [5.41, 5.74) is -0.0189. The zero-order valence-corrected chi connectivity index (χ0v) is 15.4. The molecule has 0 unspecified atom stereocenters. The van der Waals surface area contributed by atoms with Crippen LogP contribution in [0.5, 0.6) is 11.5 Å². The number of rotatable bonds is 7. The van der Waals surface area contributed by atoms with Crippen LogP contribution in [-0.2, 0) is 9.53 Å². The fourth-order valence-electron chi connectivity index (χ4n) is 2.04. The average Bonchev–Trinajstić information content (AvgIpc) is 2.61. The maximum absolute atomic E-state index is 13.3. The zero-order chi connectivity index (χ0) is 19.3. The molecule has 0 spiro atoms. The molecule has 5 nitrogen and oxygen atoms in total. The Kier molecular flexibility index (Phi) is 6.83. The molecule has 0 fully saturated rings. The van der Waals surface area contributed by atoms with Gasteiger partial charge in [0.05, 0.1) is 17.7 Å². The van der Waals surface area contributed by atoms with Crippen molar-refractivity contribution in [3.05, 3.63) is 57.8 Å². The van der Waals surface area contributed by atoms with E-state index in [9.17, 15) is 14.0 Å². The highest BCUT2D eigenvalue weighted by Gasteiger charge is 2.21. The molecule has 2 rings (SSSR count). The van der Waals surface area contributed by atoms with Crippen LogP contribution in [0.4, 0.5) is 4.39 Å². The molecule has 2 aromatic rings. The van der Waals surface area contributed by atoms with Crippen LogP contribution in [0.3, 0.4) is 0 Å². The minimum absolute atomic E-state index is 0.0189. The Balaban J connectivity index is 1.97. The summed E-state index contributed by atoms with van der Waals surface area (Å²) in [5, 5.41) is 0.657. The first-order valence-electron chi connectivity index (χ1n) is 7.47. The van der Waals surface area contributed by atoms with Crippen LogP contribution in [0.25, 0.3) is 0 Å². The van der Waals surface area contributed by atoms with Crippen molar-refractivity contribution in [3.8, 4) is 11.5 Å². The van der Waals surface area contributed by atoms with E-state index in [0.717, 1.165) is 12.1 Å². The number of Topliss-reactive ketones (excluding diaryl/α,β-unsaturated/α-hetero) is 1. The van der Waals surface area contributed by atoms with E-state index in [1.54, 1.807) is 6.07 Å². The van der Waals surface area contributed by atoms with E-state index < -0.39 is 30.3 Å². The molecule has 0 amide bonds. The largest absolute Gasteiger partial charge is 0.496 e. The number of carbonyl (C=O) groups excluding carboxylic acids is 2. The van der Waals surface area contributed by atoms with Crippen molar-refractivity contribution in [1.29, 1.82) is 0 Å². The topological polar surface area (TPSA) is 61.8 Å². The van der Waals surface area contributed by atoms with Gasteiger partial charge in [0.25, 0.3) is 0 Å². The fourth-order valence-corrected chi connectivity index (χ4v) is 2.49. The zero-order valence-electron chi connectivity index (χ0n) is 13.9. The highest BCUT2D eigenvalue weighted by molar-refractivity contribution is 6.35. The van der Waals surface area contributed by atoms with Crippen molar-refractivity contribution in [2.75, 3.05) is 13.7 Å². The molecule has 1 atom stereocenters. The van der Waals surface area contributed by atoms with E-state index in [0.29, 0.717) is 5.02 Å². The summed E-state index contributed by atoms with van der Waals surface area (Å²) < 4.78 is 28.7. The molecular weight excluding hydrogens is 386 g/mol. The third kappa shape index (κ3) is 5.09. The van der Waals surface area contributed by atoms with Crippen molar-refractivity contribution >= 4 is 35.0 Å². The van der Waals surface area contributed by atoms with Crippen LogP contribution in [0, 0.1) is 5.82 Å². The monoisotopic (exact) mass is 400 g/mol. The molecule has 0 aromatic heterocycles. The van der Waals surface area contributed by atoms with Crippen LogP contribution in [0.15, 0.2) is 36.4 Å². The molecule has 138 valence electrons. The summed E-state index contributed by atoms with van der Waals surface area (Å²) in [4.78, 5) is 24.2. The van der Waals surface area contributed by atoms with Gasteiger partial charge in [-0.05, 0) is 43.3 Å². The summed E-state index contributed by atoms with van der Waals surface area (Å²) in [6.07, 6.45) is -1.02. The van der Waals surface area contributed by atoms with Crippen LogP contribution in [0.1, 0.15) is 17.3 Å². The van der Waals surface area contributed by atoms with E-state index >= 15 is 0 Å². The summed E-state index contributed by atoms with van der Waals surface area (Å²) in [6.45, 7) is 0.862. The van der Waals surface area contributed by atoms with Crippen LogP contribution < -0.4 is 9.47 Å². The van der Waals surface area contributed by atoms with E-state index in [2.05, 4.69) is 0 Å². The molecule has 0 heterocycles. The third-order valence-electron chi connectivity index (χ3n) is 3.34. The SMILES string of the molecule is COc1ccc(F)cc1C(=O)COC(=O)[C@H](C)Oc1ccc(Cl)cc1Cl. The summed E-state index contributed by atoms with van der Waals surface area (Å²) in [5.74, 6) is -1.55. The van der Waals surface area contributed by atoms with Crippen molar-refractivity contribution in [3.63, 3.8) is 0 Å². The number of esters is 1. The van der Waals surface area contributed by atoms with Gasteiger partial charge in [-0.25, -0.2) is 9.18 Å². The maximum atomic E-state index is 13.3. The first-order valence-corrected chi connectivity index (χ1v) is 8.22. The number of carbonyl (C=O) groups is 2. The highest BCUT2D eigenvalue weighted by atomic mass is 35.5. The second-order valence-corrected chi connectivity index (χ2v) is 6.05. The quantitative estimate of drug-likeness (QED) is 0.511. The lowest BCUT2D eigenvalue weighted by atomic mass is 10.1. The normalized spacial score (nSPS) is 11.6. The number of methoxy groups -OCH3 is 1. The predicted octanol–water partition coefficient (Wildman–Crippen LogP) is 4.33. The molecule has 0 saturated carbocycles. The Hall–Kier alpha value is -2.31. The van der Waals surface area contributed by atoms with Gasteiger partial charge in [-0.15, -0.1) is 0 Å². The van der Waals surface area contributed by atoms with Gasteiger partial charge in [-0.2, -0.15) is 0 Å². The molecule has 0 radical (unpaired) electrons. The second-order valence-electron chi connectivity index (χ2n) is 5.21. The van der Waals surface area contributed by atoms with Crippen LogP contribution in [0.2, 0.25) is 10.0 Å². The fraction of sp³-hybridized carbons (Fsp3) is 0.222. The smallest absolute Gasteiger partial charge is 0.347 e. The number of benzene rings is 2.